The zero-order valence-electron chi connectivity index (χ0n) is 13.5. The van der Waals surface area contributed by atoms with Crippen LogP contribution >= 0.6 is 0 Å². The van der Waals surface area contributed by atoms with Gasteiger partial charge in [-0.25, -0.2) is 4.79 Å². The van der Waals surface area contributed by atoms with Crippen LogP contribution in [-0.4, -0.2) is 33.4 Å². The summed E-state index contributed by atoms with van der Waals surface area (Å²) >= 11 is 0. The highest BCUT2D eigenvalue weighted by atomic mass is 16.2. The molecule has 0 spiro atoms. The number of aromatic nitrogens is 2. The molecule has 1 saturated carbocycles. The van der Waals surface area contributed by atoms with E-state index >= 15 is 0 Å². The van der Waals surface area contributed by atoms with E-state index in [0.29, 0.717) is 5.91 Å². The molecule has 1 aromatic carbocycles. The SMILES string of the molecule is CCC1(C(=O)N2CCC(n3c(=O)[nH]c4ccccc43)CC2)CC1. The average molecular weight is 313 g/mol. The van der Waals surface area contributed by atoms with Crippen LogP contribution in [0.15, 0.2) is 29.1 Å². The monoisotopic (exact) mass is 313 g/mol. The van der Waals surface area contributed by atoms with Gasteiger partial charge in [-0.1, -0.05) is 19.1 Å². The molecule has 2 aromatic rings. The van der Waals surface area contributed by atoms with Gasteiger partial charge in [0.15, 0.2) is 0 Å². The standard InChI is InChI=1S/C18H23N3O2/c1-2-18(9-10-18)16(22)20-11-7-13(8-12-20)21-15-6-4-3-5-14(15)19-17(21)23/h3-6,13H,2,7-12H2,1H3,(H,19,23). The van der Waals surface area contributed by atoms with Crippen LogP contribution in [0.1, 0.15) is 45.1 Å². The Balaban J connectivity index is 1.52. The second kappa shape index (κ2) is 5.25. The van der Waals surface area contributed by atoms with Crippen molar-refractivity contribution >= 4 is 16.9 Å². The Kier molecular flexibility index (Phi) is 3.32. The molecule has 1 saturated heterocycles. The van der Waals surface area contributed by atoms with Crippen LogP contribution in [0.5, 0.6) is 0 Å². The van der Waals surface area contributed by atoms with Gasteiger partial charge in [-0.05, 0) is 44.2 Å². The molecule has 0 bridgehead atoms. The maximum Gasteiger partial charge on any atom is 0.326 e. The van der Waals surface area contributed by atoms with Crippen molar-refractivity contribution in [2.75, 3.05) is 13.1 Å². The second-order valence-electron chi connectivity index (χ2n) is 6.97. The third-order valence-electron chi connectivity index (χ3n) is 5.72. The number of carbonyl (C=O) groups excluding carboxylic acids is 1. The Bertz CT molecular complexity index is 792. The van der Waals surface area contributed by atoms with Crippen LogP contribution in [0.2, 0.25) is 0 Å². The summed E-state index contributed by atoms with van der Waals surface area (Å²) in [6.07, 6.45) is 4.75. The normalized spacial score (nSPS) is 20.8. The average Bonchev–Trinajstić information content (AvgIpc) is 3.31. The summed E-state index contributed by atoms with van der Waals surface area (Å²) in [4.78, 5) is 29.9. The van der Waals surface area contributed by atoms with Gasteiger partial charge < -0.3 is 9.88 Å². The van der Waals surface area contributed by atoms with Crippen LogP contribution in [0.25, 0.3) is 11.0 Å². The van der Waals surface area contributed by atoms with Crippen LogP contribution < -0.4 is 5.69 Å². The number of hydrogen-bond donors (Lipinski definition) is 1. The number of rotatable bonds is 3. The third-order valence-corrected chi connectivity index (χ3v) is 5.72. The van der Waals surface area contributed by atoms with Crippen molar-refractivity contribution in [1.29, 1.82) is 0 Å². The number of para-hydroxylation sites is 2. The summed E-state index contributed by atoms with van der Waals surface area (Å²) in [5, 5.41) is 0. The topological polar surface area (TPSA) is 58.1 Å². The van der Waals surface area contributed by atoms with Crippen molar-refractivity contribution in [2.24, 2.45) is 5.41 Å². The number of hydrogen-bond acceptors (Lipinski definition) is 2. The maximum atomic E-state index is 12.6. The highest BCUT2D eigenvalue weighted by molar-refractivity contribution is 5.85. The van der Waals surface area contributed by atoms with E-state index in [1.807, 2.05) is 33.7 Å². The van der Waals surface area contributed by atoms with E-state index in [4.69, 9.17) is 0 Å². The molecule has 1 amide bonds. The molecule has 4 rings (SSSR count). The largest absolute Gasteiger partial charge is 0.342 e. The fourth-order valence-corrected chi connectivity index (χ4v) is 3.97. The fourth-order valence-electron chi connectivity index (χ4n) is 3.97. The lowest BCUT2D eigenvalue weighted by Crippen LogP contribution is -2.43. The van der Waals surface area contributed by atoms with Gasteiger partial charge >= 0.3 is 5.69 Å². The minimum atomic E-state index is -0.0511. The first-order valence-corrected chi connectivity index (χ1v) is 8.63. The number of aromatic amines is 1. The zero-order chi connectivity index (χ0) is 16.0. The van der Waals surface area contributed by atoms with Gasteiger partial charge in [-0.15, -0.1) is 0 Å². The molecule has 2 heterocycles. The summed E-state index contributed by atoms with van der Waals surface area (Å²) in [5.74, 6) is 0.338. The molecule has 5 nitrogen and oxygen atoms in total. The maximum absolute atomic E-state index is 12.6. The number of likely N-dealkylation sites (tertiary alicyclic amines) is 1. The molecule has 122 valence electrons. The number of nitrogens with zero attached hydrogens (tertiary/aromatic N) is 2. The van der Waals surface area contributed by atoms with Crippen LogP contribution in [0.4, 0.5) is 0 Å². The van der Waals surface area contributed by atoms with Crippen LogP contribution in [0.3, 0.4) is 0 Å². The van der Waals surface area contributed by atoms with Gasteiger partial charge in [0.05, 0.1) is 11.0 Å². The number of H-pyrrole nitrogens is 1. The van der Waals surface area contributed by atoms with Gasteiger partial charge in [-0.2, -0.15) is 0 Å². The molecule has 0 radical (unpaired) electrons. The van der Waals surface area contributed by atoms with Crippen LogP contribution in [0, 0.1) is 5.41 Å². The van der Waals surface area contributed by atoms with Gasteiger partial charge in [0.25, 0.3) is 0 Å². The number of carbonyl (C=O) groups is 1. The summed E-state index contributed by atoms with van der Waals surface area (Å²) in [6.45, 7) is 3.64. The van der Waals surface area contributed by atoms with Crippen molar-refractivity contribution in [2.45, 2.75) is 45.1 Å². The predicted octanol–water partition coefficient (Wildman–Crippen LogP) is 2.68. The van der Waals surface area contributed by atoms with Crippen molar-refractivity contribution in [3.63, 3.8) is 0 Å². The van der Waals surface area contributed by atoms with E-state index in [2.05, 4.69) is 11.9 Å². The van der Waals surface area contributed by atoms with Crippen molar-refractivity contribution < 1.29 is 4.79 Å². The number of fused-ring (bicyclic) bond motifs is 1. The molecule has 1 aliphatic heterocycles. The highest BCUT2D eigenvalue weighted by Gasteiger charge is 2.50. The lowest BCUT2D eigenvalue weighted by atomic mass is 9.98. The molecule has 2 fully saturated rings. The molecule has 1 aliphatic carbocycles. The minimum Gasteiger partial charge on any atom is -0.342 e. The molecular weight excluding hydrogens is 290 g/mol. The molecule has 0 atom stereocenters. The lowest BCUT2D eigenvalue weighted by Gasteiger charge is -2.34. The van der Waals surface area contributed by atoms with E-state index in [9.17, 15) is 9.59 Å². The molecule has 0 unspecified atom stereocenters. The third kappa shape index (κ3) is 2.30. The zero-order valence-corrected chi connectivity index (χ0v) is 13.5. The quantitative estimate of drug-likeness (QED) is 0.947. The van der Waals surface area contributed by atoms with Crippen molar-refractivity contribution in [3.05, 3.63) is 34.7 Å². The molecule has 1 aromatic heterocycles. The smallest absolute Gasteiger partial charge is 0.326 e. The Morgan fingerprint density at radius 3 is 2.61 bits per heavy atom. The first kappa shape index (κ1) is 14.5. The first-order valence-electron chi connectivity index (χ1n) is 8.63. The predicted molar refractivity (Wildman–Crippen MR) is 89.4 cm³/mol. The summed E-state index contributed by atoms with van der Waals surface area (Å²) in [7, 11) is 0. The molecule has 23 heavy (non-hydrogen) atoms. The van der Waals surface area contributed by atoms with E-state index in [1.165, 1.54) is 0 Å². The highest BCUT2D eigenvalue weighted by Crippen LogP contribution is 2.50. The Labute approximate surface area is 135 Å². The molecule has 1 N–H and O–H groups in total. The number of imidazole rings is 1. The lowest BCUT2D eigenvalue weighted by molar-refractivity contribution is -0.138. The van der Waals surface area contributed by atoms with E-state index in [0.717, 1.165) is 56.2 Å². The van der Waals surface area contributed by atoms with E-state index in [-0.39, 0.29) is 17.1 Å². The number of benzene rings is 1. The Morgan fingerprint density at radius 2 is 1.96 bits per heavy atom. The molecular formula is C18H23N3O2. The van der Waals surface area contributed by atoms with Crippen molar-refractivity contribution in [3.8, 4) is 0 Å². The number of amides is 1. The second-order valence-corrected chi connectivity index (χ2v) is 6.97. The number of piperidine rings is 1. The van der Waals surface area contributed by atoms with E-state index in [1.54, 1.807) is 0 Å². The molecule has 2 aliphatic rings. The summed E-state index contributed by atoms with van der Waals surface area (Å²) in [5.41, 5.74) is 1.77. The van der Waals surface area contributed by atoms with Gasteiger partial charge in [0.2, 0.25) is 5.91 Å². The number of nitrogens with one attached hydrogen (secondary N) is 1. The van der Waals surface area contributed by atoms with E-state index < -0.39 is 0 Å². The van der Waals surface area contributed by atoms with Crippen LogP contribution in [-0.2, 0) is 4.79 Å². The van der Waals surface area contributed by atoms with Gasteiger partial charge in [0, 0.05) is 24.5 Å². The van der Waals surface area contributed by atoms with Crippen molar-refractivity contribution in [1.82, 2.24) is 14.5 Å². The molecule has 5 heteroatoms. The Morgan fingerprint density at radius 1 is 1.26 bits per heavy atom. The van der Waals surface area contributed by atoms with Gasteiger partial charge in [0.1, 0.15) is 0 Å². The minimum absolute atomic E-state index is 0.0387. The fraction of sp³-hybridized carbons (Fsp3) is 0.556. The van der Waals surface area contributed by atoms with Gasteiger partial charge in [-0.3, -0.25) is 9.36 Å². The summed E-state index contributed by atoms with van der Waals surface area (Å²) in [6, 6.07) is 8.00. The first-order chi connectivity index (χ1) is 11.1. The summed E-state index contributed by atoms with van der Waals surface area (Å²) < 4.78 is 1.88. The Hall–Kier alpha value is -2.04.